The van der Waals surface area contributed by atoms with Gasteiger partial charge in [-0.05, 0) is 36.5 Å². The molecule has 1 aliphatic rings. The van der Waals surface area contributed by atoms with Gasteiger partial charge in [0.05, 0.1) is 0 Å². The lowest BCUT2D eigenvalue weighted by Crippen LogP contribution is -2.35. The molecular formula is C18H21N3O2. The summed E-state index contributed by atoms with van der Waals surface area (Å²) >= 11 is 0. The van der Waals surface area contributed by atoms with Crippen LogP contribution >= 0.6 is 0 Å². The van der Waals surface area contributed by atoms with Crippen molar-refractivity contribution in [1.29, 1.82) is 0 Å². The topological polar surface area (TPSA) is 54.3 Å². The van der Waals surface area contributed by atoms with Crippen molar-refractivity contribution in [3.63, 3.8) is 0 Å². The fraction of sp³-hybridized carbons (Fsp3) is 0.333. The van der Waals surface area contributed by atoms with Gasteiger partial charge in [-0.1, -0.05) is 30.3 Å². The molecule has 0 saturated carbocycles. The van der Waals surface area contributed by atoms with Crippen molar-refractivity contribution in [2.24, 2.45) is 13.0 Å². The Hall–Kier alpha value is -2.56. The van der Waals surface area contributed by atoms with Gasteiger partial charge in [-0.2, -0.15) is 0 Å². The van der Waals surface area contributed by atoms with Gasteiger partial charge in [0.15, 0.2) is 0 Å². The number of hydrogen-bond donors (Lipinski definition) is 1. The Morgan fingerprint density at radius 3 is 2.78 bits per heavy atom. The van der Waals surface area contributed by atoms with Crippen LogP contribution < -0.4 is 10.9 Å². The number of aryl methyl sites for hydroxylation is 1. The molecule has 1 aliphatic heterocycles. The lowest BCUT2D eigenvalue weighted by atomic mass is 9.99. The van der Waals surface area contributed by atoms with Crippen LogP contribution in [0.3, 0.4) is 0 Å². The van der Waals surface area contributed by atoms with Crippen molar-refractivity contribution in [1.82, 2.24) is 9.47 Å². The van der Waals surface area contributed by atoms with E-state index < -0.39 is 0 Å². The van der Waals surface area contributed by atoms with Crippen molar-refractivity contribution in [3.8, 4) is 0 Å². The molecule has 1 fully saturated rings. The highest BCUT2D eigenvalue weighted by molar-refractivity contribution is 5.89. The average Bonchev–Trinajstić information content (AvgIpc) is 3.01. The van der Waals surface area contributed by atoms with Crippen LogP contribution in [-0.4, -0.2) is 28.6 Å². The van der Waals surface area contributed by atoms with Gasteiger partial charge in [0.1, 0.15) is 5.69 Å². The molecule has 120 valence electrons. The molecule has 0 unspecified atom stereocenters. The van der Waals surface area contributed by atoms with Gasteiger partial charge in [0, 0.05) is 26.3 Å². The van der Waals surface area contributed by atoms with Crippen molar-refractivity contribution >= 4 is 11.7 Å². The number of nitrogens with one attached hydrogen (secondary N) is 1. The van der Waals surface area contributed by atoms with E-state index in [1.807, 2.05) is 18.2 Å². The number of hydrogen-bond acceptors (Lipinski definition) is 2. The third-order valence-electron chi connectivity index (χ3n) is 4.31. The Labute approximate surface area is 135 Å². The second kappa shape index (κ2) is 6.69. The SMILES string of the molecule is Cn1cccc(NC(=O)N2CC[C@@H](Cc3ccccc3)C2)c1=O. The second-order valence-corrected chi connectivity index (χ2v) is 6.06. The van der Waals surface area contributed by atoms with Crippen LogP contribution in [0.15, 0.2) is 53.5 Å². The van der Waals surface area contributed by atoms with Gasteiger partial charge >= 0.3 is 6.03 Å². The summed E-state index contributed by atoms with van der Waals surface area (Å²) in [4.78, 5) is 26.1. The van der Waals surface area contributed by atoms with Crippen LogP contribution in [0.4, 0.5) is 10.5 Å². The van der Waals surface area contributed by atoms with Crippen molar-refractivity contribution in [2.75, 3.05) is 18.4 Å². The van der Waals surface area contributed by atoms with Gasteiger partial charge in [-0.25, -0.2) is 4.79 Å². The Morgan fingerprint density at radius 2 is 2.00 bits per heavy atom. The van der Waals surface area contributed by atoms with E-state index in [1.165, 1.54) is 10.1 Å². The van der Waals surface area contributed by atoms with E-state index in [-0.39, 0.29) is 11.6 Å². The number of anilines is 1. The maximum atomic E-state index is 12.3. The quantitative estimate of drug-likeness (QED) is 0.947. The summed E-state index contributed by atoms with van der Waals surface area (Å²) in [6, 6.07) is 13.5. The Balaban J connectivity index is 1.59. The van der Waals surface area contributed by atoms with Crippen LogP contribution in [0.25, 0.3) is 0 Å². The maximum absolute atomic E-state index is 12.3. The van der Waals surface area contributed by atoms with Gasteiger partial charge in [-0.15, -0.1) is 0 Å². The van der Waals surface area contributed by atoms with Crippen LogP contribution in [0.2, 0.25) is 0 Å². The number of urea groups is 1. The van der Waals surface area contributed by atoms with Crippen molar-refractivity contribution < 1.29 is 4.79 Å². The first kappa shape index (κ1) is 15.3. The van der Waals surface area contributed by atoms with Crippen molar-refractivity contribution in [2.45, 2.75) is 12.8 Å². The van der Waals surface area contributed by atoms with Crippen LogP contribution in [0.5, 0.6) is 0 Å². The number of likely N-dealkylation sites (tertiary alicyclic amines) is 1. The minimum absolute atomic E-state index is 0.191. The third-order valence-corrected chi connectivity index (χ3v) is 4.31. The summed E-state index contributed by atoms with van der Waals surface area (Å²) in [6.45, 7) is 1.46. The fourth-order valence-corrected chi connectivity index (χ4v) is 3.02. The smallest absolute Gasteiger partial charge is 0.322 e. The first-order chi connectivity index (χ1) is 11.1. The normalized spacial score (nSPS) is 17.3. The molecule has 1 N–H and O–H groups in total. The lowest BCUT2D eigenvalue weighted by Gasteiger charge is -2.17. The summed E-state index contributed by atoms with van der Waals surface area (Å²) in [7, 11) is 1.67. The molecule has 5 heteroatoms. The van der Waals surface area contributed by atoms with Gasteiger partial charge in [0.2, 0.25) is 0 Å². The number of aromatic nitrogens is 1. The Kier molecular flexibility index (Phi) is 4.46. The molecule has 1 saturated heterocycles. The number of carbonyl (C=O) groups is 1. The van der Waals surface area contributed by atoms with E-state index in [9.17, 15) is 9.59 Å². The second-order valence-electron chi connectivity index (χ2n) is 6.06. The molecule has 0 spiro atoms. The van der Waals surface area contributed by atoms with E-state index in [2.05, 4.69) is 17.4 Å². The number of amides is 2. The maximum Gasteiger partial charge on any atom is 0.322 e. The first-order valence-corrected chi connectivity index (χ1v) is 7.89. The summed E-state index contributed by atoms with van der Waals surface area (Å²) < 4.78 is 1.46. The number of nitrogens with zero attached hydrogens (tertiary/aromatic N) is 2. The van der Waals surface area contributed by atoms with Crippen LogP contribution in [0.1, 0.15) is 12.0 Å². The molecular weight excluding hydrogens is 290 g/mol. The molecule has 5 nitrogen and oxygen atoms in total. The number of benzene rings is 1. The van der Waals surface area contributed by atoms with Gasteiger partial charge < -0.3 is 14.8 Å². The molecule has 0 bridgehead atoms. The zero-order valence-corrected chi connectivity index (χ0v) is 13.2. The molecule has 3 rings (SSSR count). The largest absolute Gasteiger partial charge is 0.324 e. The minimum Gasteiger partial charge on any atom is -0.324 e. The van der Waals surface area contributed by atoms with Gasteiger partial charge in [0.25, 0.3) is 5.56 Å². The monoisotopic (exact) mass is 311 g/mol. The van der Waals surface area contributed by atoms with Crippen LogP contribution in [-0.2, 0) is 13.5 Å². The Morgan fingerprint density at radius 1 is 1.22 bits per heavy atom. The summed E-state index contributed by atoms with van der Waals surface area (Å²) in [6.07, 6.45) is 3.65. The summed E-state index contributed by atoms with van der Waals surface area (Å²) in [5.74, 6) is 0.474. The van der Waals surface area contributed by atoms with Crippen molar-refractivity contribution in [3.05, 3.63) is 64.6 Å². The highest BCUT2D eigenvalue weighted by atomic mass is 16.2. The fourth-order valence-electron chi connectivity index (χ4n) is 3.02. The molecule has 2 amide bonds. The summed E-state index contributed by atoms with van der Waals surface area (Å²) in [5.41, 5.74) is 1.43. The molecule has 1 aromatic carbocycles. The standard InChI is InChI=1S/C18H21N3O2/c1-20-10-5-8-16(17(20)22)19-18(23)21-11-9-15(13-21)12-14-6-3-2-4-7-14/h2-8,10,15H,9,11-13H2,1H3,(H,19,23)/t15-/m0/s1. The molecule has 1 aromatic heterocycles. The zero-order valence-electron chi connectivity index (χ0n) is 13.2. The number of carbonyl (C=O) groups excluding carboxylic acids is 1. The first-order valence-electron chi connectivity index (χ1n) is 7.89. The van der Waals surface area contributed by atoms with E-state index in [1.54, 1.807) is 30.3 Å². The molecule has 1 atom stereocenters. The number of pyridine rings is 1. The van der Waals surface area contributed by atoms with E-state index in [0.717, 1.165) is 25.9 Å². The molecule has 2 heterocycles. The average molecular weight is 311 g/mol. The predicted octanol–water partition coefficient (Wildman–Crippen LogP) is 2.48. The van der Waals surface area contributed by atoms with E-state index in [0.29, 0.717) is 11.6 Å². The summed E-state index contributed by atoms with van der Waals surface area (Å²) in [5, 5.41) is 2.73. The third kappa shape index (κ3) is 3.62. The van der Waals surface area contributed by atoms with Crippen LogP contribution in [0, 0.1) is 5.92 Å². The number of rotatable bonds is 3. The molecule has 0 aliphatic carbocycles. The highest BCUT2D eigenvalue weighted by Crippen LogP contribution is 2.21. The predicted molar refractivity (Wildman–Crippen MR) is 90.5 cm³/mol. The molecule has 0 radical (unpaired) electrons. The minimum atomic E-state index is -0.194. The highest BCUT2D eigenvalue weighted by Gasteiger charge is 2.26. The molecule has 2 aromatic rings. The zero-order chi connectivity index (χ0) is 16.2. The Bertz CT molecular complexity index is 739. The van der Waals surface area contributed by atoms with E-state index in [4.69, 9.17) is 0 Å². The molecule has 23 heavy (non-hydrogen) atoms. The van der Waals surface area contributed by atoms with Gasteiger partial charge in [-0.3, -0.25) is 4.79 Å². The lowest BCUT2D eigenvalue weighted by molar-refractivity contribution is 0.220. The van der Waals surface area contributed by atoms with E-state index >= 15 is 0 Å².